The van der Waals surface area contributed by atoms with E-state index in [9.17, 15) is 13.2 Å². The number of aryl methyl sites for hydroxylation is 3. The Morgan fingerprint density at radius 1 is 0.795 bits per heavy atom. The van der Waals surface area contributed by atoms with Crippen LogP contribution in [0.25, 0.3) is 0 Å². The van der Waals surface area contributed by atoms with Crippen molar-refractivity contribution in [2.75, 3.05) is 11.4 Å². The molecule has 1 heterocycles. The van der Waals surface area contributed by atoms with E-state index < -0.39 is 22.0 Å². The van der Waals surface area contributed by atoms with Crippen LogP contribution in [0.3, 0.4) is 0 Å². The molecule has 2 atom stereocenters. The first-order valence-corrected chi connectivity index (χ1v) is 14.4. The van der Waals surface area contributed by atoms with Gasteiger partial charge < -0.3 is 0 Å². The Hall–Kier alpha value is -4.00. The van der Waals surface area contributed by atoms with Gasteiger partial charge in [-0.15, -0.1) is 0 Å². The molecule has 1 aliphatic heterocycles. The number of rotatable bonds is 6. The maximum atomic E-state index is 14.6. The van der Waals surface area contributed by atoms with Crippen LogP contribution in [-0.4, -0.2) is 25.2 Å². The number of sulfonamides is 1. The highest BCUT2D eigenvalue weighted by molar-refractivity contribution is 7.89. The quantitative estimate of drug-likeness (QED) is 0.252. The van der Waals surface area contributed by atoms with E-state index in [-0.39, 0.29) is 17.3 Å². The summed E-state index contributed by atoms with van der Waals surface area (Å²) in [5.41, 5.74) is 5.76. The molecule has 4 aromatic rings. The van der Waals surface area contributed by atoms with Crippen LogP contribution in [-0.2, 0) is 14.8 Å². The number of amides is 1. The molecule has 1 aliphatic rings. The number of nitrogens with zero attached hydrogens (tertiary/aromatic N) is 2. The Kier molecular flexibility index (Phi) is 7.25. The molecule has 0 aromatic heterocycles. The van der Waals surface area contributed by atoms with Gasteiger partial charge in [-0.3, -0.25) is 9.69 Å². The van der Waals surface area contributed by atoms with Gasteiger partial charge in [-0.1, -0.05) is 84.4 Å². The Morgan fingerprint density at radius 2 is 1.33 bits per heavy atom. The fraction of sp³-hybridized carbons (Fsp3) is 0.182. The summed E-state index contributed by atoms with van der Waals surface area (Å²) in [5, 5.41) is 0. The van der Waals surface area contributed by atoms with Gasteiger partial charge in [-0.2, -0.15) is 4.31 Å². The smallest absolute Gasteiger partial charge is 0.243 e. The Morgan fingerprint density at radius 3 is 1.87 bits per heavy atom. The van der Waals surface area contributed by atoms with Crippen LogP contribution in [0.4, 0.5) is 11.4 Å². The summed E-state index contributed by atoms with van der Waals surface area (Å²) in [7, 11) is -3.93. The van der Waals surface area contributed by atoms with Crippen molar-refractivity contribution in [1.82, 2.24) is 4.31 Å². The number of hydrogen-bond donors (Lipinski definition) is 0. The first-order chi connectivity index (χ1) is 18.7. The van der Waals surface area contributed by atoms with Crippen molar-refractivity contribution in [3.05, 3.63) is 138 Å². The average Bonchev–Trinajstić information content (AvgIpc) is 3.28. The number of benzene rings is 4. The van der Waals surface area contributed by atoms with Gasteiger partial charge in [0, 0.05) is 17.9 Å². The highest BCUT2D eigenvalue weighted by atomic mass is 32.2. The molecule has 4 aromatic carbocycles. The first kappa shape index (κ1) is 26.6. The molecule has 0 bridgehead atoms. The second-order valence-electron chi connectivity index (χ2n) is 10.1. The molecule has 0 radical (unpaired) electrons. The Balaban J connectivity index is 1.67. The van der Waals surface area contributed by atoms with Crippen LogP contribution >= 0.6 is 0 Å². The molecule has 0 aliphatic carbocycles. The number of hydrogen-bond acceptors (Lipinski definition) is 3. The predicted octanol–water partition coefficient (Wildman–Crippen LogP) is 6.89. The minimum atomic E-state index is -3.93. The summed E-state index contributed by atoms with van der Waals surface area (Å²) in [6.07, 6.45) is 0. The normalized spacial score (nSPS) is 17.8. The molecule has 1 amide bonds. The third-order valence-corrected chi connectivity index (χ3v) is 9.15. The summed E-state index contributed by atoms with van der Waals surface area (Å²) in [5.74, 6) is -1.00. The van der Waals surface area contributed by atoms with E-state index in [1.807, 2.05) is 99.6 Å². The molecule has 0 spiro atoms. The second kappa shape index (κ2) is 10.6. The molecule has 1 fully saturated rings. The van der Waals surface area contributed by atoms with Gasteiger partial charge in [0.05, 0.1) is 16.9 Å². The lowest BCUT2D eigenvalue weighted by Gasteiger charge is -2.32. The first-order valence-electron chi connectivity index (χ1n) is 13.0. The van der Waals surface area contributed by atoms with Crippen molar-refractivity contribution in [3.63, 3.8) is 0 Å². The molecule has 0 unspecified atom stereocenters. The van der Waals surface area contributed by atoms with Crippen molar-refractivity contribution < 1.29 is 13.2 Å². The van der Waals surface area contributed by atoms with Crippen molar-refractivity contribution in [2.45, 2.75) is 31.7 Å². The largest absolute Gasteiger partial charge is 0.280 e. The molecular weight excluding hydrogens is 504 g/mol. The molecule has 0 N–H and O–H groups in total. The monoisotopic (exact) mass is 536 g/mol. The fourth-order valence-corrected chi connectivity index (χ4v) is 6.99. The van der Waals surface area contributed by atoms with E-state index in [1.54, 1.807) is 29.2 Å². The van der Waals surface area contributed by atoms with E-state index in [1.165, 1.54) is 4.31 Å². The van der Waals surface area contributed by atoms with Gasteiger partial charge in [0.2, 0.25) is 15.9 Å². The molecule has 5 nitrogen and oxygen atoms in total. The van der Waals surface area contributed by atoms with Crippen molar-refractivity contribution in [3.8, 4) is 0 Å². The summed E-state index contributed by atoms with van der Waals surface area (Å²) in [4.78, 5) is 16.5. The maximum Gasteiger partial charge on any atom is 0.243 e. The van der Waals surface area contributed by atoms with E-state index in [0.717, 1.165) is 22.3 Å². The van der Waals surface area contributed by atoms with E-state index in [4.69, 9.17) is 0 Å². The molecule has 0 saturated carbocycles. The predicted molar refractivity (Wildman–Crippen MR) is 156 cm³/mol. The topological polar surface area (TPSA) is 57.7 Å². The Labute approximate surface area is 231 Å². The number of carbonyl (C=O) groups excluding carboxylic acids is 1. The van der Waals surface area contributed by atoms with Gasteiger partial charge in [-0.25, -0.2) is 8.42 Å². The Bertz CT molecular complexity index is 1580. The zero-order valence-electron chi connectivity index (χ0n) is 22.4. The summed E-state index contributed by atoms with van der Waals surface area (Å²) >= 11 is 0. The maximum absolute atomic E-state index is 14.6. The van der Waals surface area contributed by atoms with Crippen LogP contribution in [0, 0.1) is 26.7 Å². The van der Waals surface area contributed by atoms with Gasteiger partial charge >= 0.3 is 0 Å². The zero-order chi connectivity index (χ0) is 27.7. The zero-order valence-corrected chi connectivity index (χ0v) is 23.2. The van der Waals surface area contributed by atoms with Crippen LogP contribution in [0.5, 0.6) is 0 Å². The molecule has 1 saturated heterocycles. The van der Waals surface area contributed by atoms with E-state index >= 15 is 0 Å². The van der Waals surface area contributed by atoms with Gasteiger partial charge in [0.1, 0.15) is 0 Å². The molecule has 5 rings (SSSR count). The van der Waals surface area contributed by atoms with Crippen molar-refractivity contribution in [1.29, 1.82) is 0 Å². The highest BCUT2D eigenvalue weighted by Crippen LogP contribution is 2.46. The second-order valence-corrected chi connectivity index (χ2v) is 12.0. The van der Waals surface area contributed by atoms with Gasteiger partial charge in [0.25, 0.3) is 0 Å². The summed E-state index contributed by atoms with van der Waals surface area (Å²) in [6.45, 7) is 10.2. The number of carbonyl (C=O) groups is 1. The molecular formula is C33H32N2O3S. The lowest BCUT2D eigenvalue weighted by atomic mass is 9.87. The SMILES string of the molecule is C=C1CN(S(=O)(=O)c2ccc(C)cc2)[C@H](c2ccc(C)cc2C)[C@H]1C(=O)N(c1ccccc1)c1ccccc1. The van der Waals surface area contributed by atoms with Crippen molar-refractivity contribution in [2.24, 2.45) is 5.92 Å². The number of para-hydroxylation sites is 2. The minimum Gasteiger partial charge on any atom is -0.280 e. The van der Waals surface area contributed by atoms with Crippen LogP contribution in [0.15, 0.2) is 120 Å². The molecule has 198 valence electrons. The van der Waals surface area contributed by atoms with E-state index in [0.29, 0.717) is 16.9 Å². The molecule has 39 heavy (non-hydrogen) atoms. The third-order valence-electron chi connectivity index (χ3n) is 7.31. The average molecular weight is 537 g/mol. The highest BCUT2D eigenvalue weighted by Gasteiger charge is 2.49. The van der Waals surface area contributed by atoms with E-state index in [2.05, 4.69) is 6.58 Å². The van der Waals surface area contributed by atoms with Gasteiger partial charge in [0.15, 0.2) is 0 Å². The fourth-order valence-electron chi connectivity index (χ4n) is 5.37. The standard InChI is InChI=1S/C33H32N2O3S/c1-23-15-18-29(19-16-23)39(37,38)34-22-26(4)31(32(34)30-20-17-24(2)21-25(30)3)33(36)35(27-11-7-5-8-12-27)28-13-9-6-10-14-28/h5-21,31-32H,4,22H2,1-3H3/t31-,32+/m0/s1. The molecule has 6 heteroatoms. The van der Waals surface area contributed by atoms with Crippen LogP contribution in [0.1, 0.15) is 28.3 Å². The van der Waals surface area contributed by atoms with Gasteiger partial charge in [-0.05, 0) is 73.9 Å². The van der Waals surface area contributed by atoms with Crippen LogP contribution in [0.2, 0.25) is 0 Å². The van der Waals surface area contributed by atoms with Crippen molar-refractivity contribution >= 4 is 27.3 Å². The third kappa shape index (κ3) is 5.05. The lowest BCUT2D eigenvalue weighted by Crippen LogP contribution is -2.38. The summed E-state index contributed by atoms with van der Waals surface area (Å²) in [6, 6.07) is 30.9. The van der Waals surface area contributed by atoms with Crippen LogP contribution < -0.4 is 4.90 Å². The minimum absolute atomic E-state index is 0.0576. The lowest BCUT2D eigenvalue weighted by molar-refractivity contribution is -0.121. The number of anilines is 2. The summed E-state index contributed by atoms with van der Waals surface area (Å²) < 4.78 is 29.6.